The van der Waals surface area contributed by atoms with Crippen molar-refractivity contribution in [3.63, 3.8) is 0 Å². The Morgan fingerprint density at radius 3 is 2.00 bits per heavy atom. The van der Waals surface area contributed by atoms with Gasteiger partial charge in [0.1, 0.15) is 0 Å². The van der Waals surface area contributed by atoms with E-state index in [1.807, 2.05) is 19.9 Å². The van der Waals surface area contributed by atoms with Gasteiger partial charge in [-0.3, -0.25) is 0 Å². The fraction of sp³-hybridized carbons (Fsp3) is 0.739. The Kier molecular flexibility index (Phi) is 10.0. The molecule has 1 heterocycles. The summed E-state index contributed by atoms with van der Waals surface area (Å²) in [4.78, 5) is 0.425. The van der Waals surface area contributed by atoms with E-state index in [0.717, 1.165) is 24.9 Å². The van der Waals surface area contributed by atoms with Crippen LogP contribution in [0.3, 0.4) is 0 Å². The highest BCUT2D eigenvalue weighted by Gasteiger charge is 2.49. The Morgan fingerprint density at radius 2 is 1.59 bits per heavy atom. The van der Waals surface area contributed by atoms with Gasteiger partial charge in [-0.15, -0.1) is 0 Å². The van der Waals surface area contributed by atoms with E-state index >= 15 is 0 Å². The summed E-state index contributed by atoms with van der Waals surface area (Å²) in [6, 6.07) is 8.78. The normalized spacial score (nSPS) is 19.5. The van der Waals surface area contributed by atoms with Crippen molar-refractivity contribution < 1.29 is 8.42 Å². The summed E-state index contributed by atoms with van der Waals surface area (Å²) in [5.74, 6) is 1.71. The molecule has 2 fully saturated rings. The van der Waals surface area contributed by atoms with Gasteiger partial charge in [-0.1, -0.05) is 85.4 Å². The molecule has 27 heavy (non-hydrogen) atoms. The molecule has 0 amide bonds. The van der Waals surface area contributed by atoms with Crippen LogP contribution >= 0.6 is 0 Å². The molecule has 0 atom stereocenters. The fourth-order valence-electron chi connectivity index (χ4n) is 3.88. The first-order valence-corrected chi connectivity index (χ1v) is 12.3. The molecular formula is C23H41NO2S. The number of benzene rings is 1. The smallest absolute Gasteiger partial charge is 0.207 e. The Morgan fingerprint density at radius 1 is 1.07 bits per heavy atom. The predicted octanol–water partition coefficient (Wildman–Crippen LogP) is 6.36. The van der Waals surface area contributed by atoms with Crippen molar-refractivity contribution in [1.82, 2.24) is 4.31 Å². The summed E-state index contributed by atoms with van der Waals surface area (Å²) in [7, 11) is -3.26. The molecule has 2 aliphatic rings. The van der Waals surface area contributed by atoms with Crippen LogP contribution in [0.1, 0.15) is 80.1 Å². The predicted molar refractivity (Wildman–Crippen MR) is 116 cm³/mol. The summed E-state index contributed by atoms with van der Waals surface area (Å²) in [5.41, 5.74) is 0.286. The highest BCUT2D eigenvalue weighted by molar-refractivity contribution is 7.89. The zero-order valence-corrected chi connectivity index (χ0v) is 19.2. The van der Waals surface area contributed by atoms with E-state index < -0.39 is 10.0 Å². The van der Waals surface area contributed by atoms with E-state index in [2.05, 4.69) is 27.7 Å². The lowest BCUT2D eigenvalue weighted by Crippen LogP contribution is -2.59. The van der Waals surface area contributed by atoms with Gasteiger partial charge in [0, 0.05) is 13.1 Å². The van der Waals surface area contributed by atoms with Gasteiger partial charge in [-0.25, -0.2) is 8.42 Å². The zero-order chi connectivity index (χ0) is 20.5. The molecule has 1 aliphatic carbocycles. The van der Waals surface area contributed by atoms with Crippen molar-refractivity contribution in [3.8, 4) is 0 Å². The van der Waals surface area contributed by atoms with Gasteiger partial charge in [-0.2, -0.15) is 4.31 Å². The highest BCUT2D eigenvalue weighted by Crippen LogP contribution is 2.47. The molecule has 156 valence electrons. The standard InChI is InChI=1S/C15H21NO2S.C6H14.C2H6/c1-13-7-9-15(10-8-13)11-16(12-15)19(17,18)14-5-3-2-4-6-14;1-4-5-6(2)3;1-2/h2-6,13H,7-12H2,1H3;6H,4-5H2,1-3H3;1-2H3. The lowest BCUT2D eigenvalue weighted by molar-refractivity contribution is 0.0178. The first kappa shape index (κ1) is 24.2. The van der Waals surface area contributed by atoms with E-state index in [0.29, 0.717) is 4.90 Å². The molecule has 0 N–H and O–H groups in total. The maximum Gasteiger partial charge on any atom is 0.243 e. The van der Waals surface area contributed by atoms with E-state index in [9.17, 15) is 8.42 Å². The van der Waals surface area contributed by atoms with E-state index in [1.165, 1.54) is 38.5 Å². The van der Waals surface area contributed by atoms with E-state index in [-0.39, 0.29) is 5.41 Å². The zero-order valence-electron chi connectivity index (χ0n) is 18.4. The molecule has 0 bridgehead atoms. The largest absolute Gasteiger partial charge is 0.243 e. The number of nitrogens with zero attached hydrogens (tertiary/aromatic N) is 1. The molecule has 3 rings (SSSR count). The summed E-state index contributed by atoms with van der Waals surface area (Å²) in [5, 5.41) is 0. The Bertz CT molecular complexity index is 609. The first-order chi connectivity index (χ1) is 12.8. The minimum atomic E-state index is -3.26. The van der Waals surface area contributed by atoms with Crippen LogP contribution in [-0.4, -0.2) is 25.8 Å². The van der Waals surface area contributed by atoms with Gasteiger partial charge < -0.3 is 0 Å². The average Bonchev–Trinajstić information content (AvgIpc) is 2.63. The van der Waals surface area contributed by atoms with Crippen LogP contribution in [-0.2, 0) is 10.0 Å². The maximum atomic E-state index is 12.4. The average molecular weight is 396 g/mol. The van der Waals surface area contributed by atoms with Crippen LogP contribution < -0.4 is 0 Å². The molecule has 1 aliphatic heterocycles. The quantitative estimate of drug-likeness (QED) is 0.595. The lowest BCUT2D eigenvalue weighted by Gasteiger charge is -2.52. The van der Waals surface area contributed by atoms with Gasteiger partial charge >= 0.3 is 0 Å². The van der Waals surface area contributed by atoms with Crippen molar-refractivity contribution in [1.29, 1.82) is 0 Å². The SMILES string of the molecule is CC.CC1CCC2(CC1)CN(S(=O)(=O)c1ccccc1)C2.CCCC(C)C. The lowest BCUT2D eigenvalue weighted by atomic mass is 9.67. The highest BCUT2D eigenvalue weighted by atomic mass is 32.2. The van der Waals surface area contributed by atoms with Crippen LogP contribution in [0, 0.1) is 17.3 Å². The van der Waals surface area contributed by atoms with Crippen molar-refractivity contribution in [2.75, 3.05) is 13.1 Å². The van der Waals surface area contributed by atoms with E-state index in [1.54, 1.807) is 28.6 Å². The van der Waals surface area contributed by atoms with Crippen LogP contribution in [0.5, 0.6) is 0 Å². The van der Waals surface area contributed by atoms with Gasteiger partial charge in [-0.05, 0) is 42.2 Å². The molecule has 1 spiro atoms. The summed E-state index contributed by atoms with van der Waals surface area (Å²) >= 11 is 0. The van der Waals surface area contributed by atoms with Crippen molar-refractivity contribution >= 4 is 10.0 Å². The Labute approximate surface area is 168 Å². The van der Waals surface area contributed by atoms with Crippen molar-refractivity contribution in [2.45, 2.75) is 85.0 Å². The summed E-state index contributed by atoms with van der Waals surface area (Å²) in [6.45, 7) is 14.5. The topological polar surface area (TPSA) is 37.4 Å². The number of hydrogen-bond acceptors (Lipinski definition) is 2. The minimum Gasteiger partial charge on any atom is -0.207 e. The minimum absolute atomic E-state index is 0.286. The third-order valence-corrected chi connectivity index (χ3v) is 7.41. The van der Waals surface area contributed by atoms with Crippen LogP contribution in [0.2, 0.25) is 0 Å². The summed E-state index contributed by atoms with van der Waals surface area (Å²) in [6.07, 6.45) is 7.58. The maximum absolute atomic E-state index is 12.4. The van der Waals surface area contributed by atoms with Gasteiger partial charge in [0.25, 0.3) is 0 Å². The first-order valence-electron chi connectivity index (χ1n) is 10.8. The number of sulfonamides is 1. The molecular weight excluding hydrogens is 354 g/mol. The second-order valence-electron chi connectivity index (χ2n) is 8.45. The van der Waals surface area contributed by atoms with Crippen LogP contribution in [0.25, 0.3) is 0 Å². The van der Waals surface area contributed by atoms with Crippen molar-refractivity contribution in [3.05, 3.63) is 30.3 Å². The molecule has 1 aromatic rings. The third-order valence-electron chi connectivity index (χ3n) is 5.61. The molecule has 3 nitrogen and oxygen atoms in total. The summed E-state index contributed by atoms with van der Waals surface area (Å²) < 4.78 is 26.5. The van der Waals surface area contributed by atoms with Gasteiger partial charge in [0.05, 0.1) is 4.90 Å². The van der Waals surface area contributed by atoms with Crippen LogP contribution in [0.15, 0.2) is 35.2 Å². The van der Waals surface area contributed by atoms with E-state index in [4.69, 9.17) is 0 Å². The van der Waals surface area contributed by atoms with Crippen LogP contribution in [0.4, 0.5) is 0 Å². The second-order valence-corrected chi connectivity index (χ2v) is 10.4. The third kappa shape index (κ3) is 6.90. The molecule has 4 heteroatoms. The van der Waals surface area contributed by atoms with Gasteiger partial charge in [0.15, 0.2) is 0 Å². The second kappa shape index (κ2) is 11.2. The fourth-order valence-corrected chi connectivity index (χ4v) is 5.57. The number of rotatable bonds is 4. The van der Waals surface area contributed by atoms with Gasteiger partial charge in [0.2, 0.25) is 10.0 Å². The number of hydrogen-bond donors (Lipinski definition) is 0. The molecule has 0 radical (unpaired) electrons. The molecule has 0 aromatic heterocycles. The monoisotopic (exact) mass is 395 g/mol. The molecule has 0 unspecified atom stereocenters. The molecule has 1 aromatic carbocycles. The molecule has 1 saturated heterocycles. The van der Waals surface area contributed by atoms with Crippen molar-refractivity contribution in [2.24, 2.45) is 17.3 Å². The Hall–Kier alpha value is -0.870. The Balaban J connectivity index is 0.000000392. The molecule has 1 saturated carbocycles.